The molecule has 2 heteroatoms. The fourth-order valence-electron chi connectivity index (χ4n) is 0.920. The summed E-state index contributed by atoms with van der Waals surface area (Å²) in [5.74, 6) is 5.96. The molecular weight excluding hydrogens is 112 g/mol. The zero-order valence-electron chi connectivity index (χ0n) is 6.65. The van der Waals surface area contributed by atoms with Gasteiger partial charge < -0.3 is 0 Å². The van der Waals surface area contributed by atoms with Crippen LogP contribution in [0.2, 0.25) is 0 Å². The number of nitrogens with one attached hydrogen (secondary N) is 1. The fraction of sp³-hybridized carbons (Fsp3) is 1.00. The quantitative estimate of drug-likeness (QED) is 0.444. The highest BCUT2D eigenvalue weighted by atomic mass is 15.2. The van der Waals surface area contributed by atoms with Gasteiger partial charge in [-0.25, -0.2) is 0 Å². The van der Waals surface area contributed by atoms with Crippen molar-refractivity contribution in [1.82, 2.24) is 5.43 Å². The van der Waals surface area contributed by atoms with Crippen molar-refractivity contribution in [3.8, 4) is 0 Å². The van der Waals surface area contributed by atoms with Crippen molar-refractivity contribution in [3.05, 3.63) is 0 Å². The molecule has 1 unspecified atom stereocenters. The smallest absolute Gasteiger partial charge is 0.0233 e. The highest BCUT2D eigenvalue weighted by Gasteiger charge is 2.08. The Morgan fingerprint density at radius 2 is 2.00 bits per heavy atom. The van der Waals surface area contributed by atoms with Crippen LogP contribution in [0.1, 0.15) is 33.6 Å². The van der Waals surface area contributed by atoms with Crippen molar-refractivity contribution in [3.63, 3.8) is 0 Å². The largest absolute Gasteiger partial charge is 0.271 e. The molecule has 0 heterocycles. The molecule has 56 valence electrons. The van der Waals surface area contributed by atoms with Gasteiger partial charge in [0.2, 0.25) is 0 Å². The summed E-state index contributed by atoms with van der Waals surface area (Å²) in [4.78, 5) is 0. The summed E-state index contributed by atoms with van der Waals surface area (Å²) < 4.78 is 0. The second-order valence-electron chi connectivity index (χ2n) is 2.81. The van der Waals surface area contributed by atoms with Gasteiger partial charge in [-0.1, -0.05) is 27.2 Å². The summed E-state index contributed by atoms with van der Waals surface area (Å²) >= 11 is 0. The minimum atomic E-state index is 0.495. The Bertz CT molecular complexity index is 61.9. The van der Waals surface area contributed by atoms with Crippen LogP contribution in [0.5, 0.6) is 0 Å². The third-order valence-corrected chi connectivity index (χ3v) is 1.62. The van der Waals surface area contributed by atoms with Gasteiger partial charge in [0, 0.05) is 6.04 Å². The van der Waals surface area contributed by atoms with Gasteiger partial charge in [0.25, 0.3) is 0 Å². The van der Waals surface area contributed by atoms with Gasteiger partial charge >= 0.3 is 0 Å². The second-order valence-corrected chi connectivity index (χ2v) is 2.81. The highest BCUT2D eigenvalue weighted by Crippen LogP contribution is 2.05. The van der Waals surface area contributed by atoms with E-state index in [4.69, 9.17) is 5.84 Å². The van der Waals surface area contributed by atoms with E-state index in [9.17, 15) is 0 Å². The maximum absolute atomic E-state index is 5.31. The number of nitrogens with two attached hydrogens (primary N) is 1. The van der Waals surface area contributed by atoms with Crippen molar-refractivity contribution in [2.24, 2.45) is 11.8 Å². The molecule has 0 amide bonds. The molecule has 0 aromatic rings. The Morgan fingerprint density at radius 3 is 2.11 bits per heavy atom. The number of rotatable bonds is 4. The standard InChI is InChI=1S/C7H18N2/c1-4-5-7(9-8)6(2)3/h6-7,9H,4-5,8H2,1-3H3. The predicted molar refractivity (Wildman–Crippen MR) is 40.9 cm³/mol. The molecule has 0 bridgehead atoms. The van der Waals surface area contributed by atoms with E-state index in [1.54, 1.807) is 0 Å². The third kappa shape index (κ3) is 3.49. The van der Waals surface area contributed by atoms with Gasteiger partial charge in [-0.15, -0.1) is 0 Å². The van der Waals surface area contributed by atoms with Crippen LogP contribution in [0.4, 0.5) is 0 Å². The fourth-order valence-corrected chi connectivity index (χ4v) is 0.920. The first-order valence-corrected chi connectivity index (χ1v) is 3.68. The Kier molecular flexibility index (Phi) is 4.72. The molecule has 0 aliphatic rings. The highest BCUT2D eigenvalue weighted by molar-refractivity contribution is 4.65. The first-order chi connectivity index (χ1) is 4.22. The summed E-state index contributed by atoms with van der Waals surface area (Å²) in [6.45, 7) is 6.53. The Morgan fingerprint density at radius 1 is 1.44 bits per heavy atom. The van der Waals surface area contributed by atoms with Crippen molar-refractivity contribution in [1.29, 1.82) is 0 Å². The van der Waals surface area contributed by atoms with E-state index in [0.29, 0.717) is 12.0 Å². The molecule has 0 aromatic heterocycles. The second kappa shape index (κ2) is 4.77. The van der Waals surface area contributed by atoms with Crippen LogP contribution >= 0.6 is 0 Å². The Balaban J connectivity index is 3.41. The average Bonchev–Trinajstić information content (AvgIpc) is 1.82. The Labute approximate surface area is 57.8 Å². The van der Waals surface area contributed by atoms with E-state index < -0.39 is 0 Å². The SMILES string of the molecule is CCCC(NN)C(C)C. The molecule has 1 atom stereocenters. The van der Waals surface area contributed by atoms with Crippen LogP contribution in [0.25, 0.3) is 0 Å². The van der Waals surface area contributed by atoms with Crippen LogP contribution in [-0.4, -0.2) is 6.04 Å². The predicted octanol–water partition coefficient (Wildman–Crippen LogP) is 1.27. The molecule has 0 saturated carbocycles. The number of hydrogen-bond donors (Lipinski definition) is 2. The van der Waals surface area contributed by atoms with E-state index >= 15 is 0 Å². The summed E-state index contributed by atoms with van der Waals surface area (Å²) in [5.41, 5.74) is 2.80. The summed E-state index contributed by atoms with van der Waals surface area (Å²) in [5, 5.41) is 0. The number of hydrazine groups is 1. The lowest BCUT2D eigenvalue weighted by atomic mass is 10.0. The lowest BCUT2D eigenvalue weighted by molar-refractivity contribution is 0.381. The lowest BCUT2D eigenvalue weighted by Gasteiger charge is -2.18. The molecule has 0 aliphatic carbocycles. The molecule has 0 radical (unpaired) electrons. The van der Waals surface area contributed by atoms with Gasteiger partial charge in [0.1, 0.15) is 0 Å². The minimum Gasteiger partial charge on any atom is -0.271 e. The molecule has 0 saturated heterocycles. The normalized spacial score (nSPS) is 14.3. The van der Waals surface area contributed by atoms with Gasteiger partial charge in [0.05, 0.1) is 0 Å². The van der Waals surface area contributed by atoms with E-state index in [-0.39, 0.29) is 0 Å². The topological polar surface area (TPSA) is 38.0 Å². The van der Waals surface area contributed by atoms with Crippen LogP contribution in [0.3, 0.4) is 0 Å². The van der Waals surface area contributed by atoms with E-state index in [1.807, 2.05) is 0 Å². The molecule has 0 fully saturated rings. The molecule has 0 rings (SSSR count). The lowest BCUT2D eigenvalue weighted by Crippen LogP contribution is -2.38. The van der Waals surface area contributed by atoms with E-state index in [1.165, 1.54) is 12.8 Å². The van der Waals surface area contributed by atoms with Crippen molar-refractivity contribution < 1.29 is 0 Å². The molecule has 2 nitrogen and oxygen atoms in total. The maximum atomic E-state index is 5.31. The third-order valence-electron chi connectivity index (χ3n) is 1.62. The zero-order valence-corrected chi connectivity index (χ0v) is 6.65. The average molecular weight is 130 g/mol. The van der Waals surface area contributed by atoms with Gasteiger partial charge in [-0.3, -0.25) is 11.3 Å². The van der Waals surface area contributed by atoms with Crippen molar-refractivity contribution in [2.45, 2.75) is 39.7 Å². The van der Waals surface area contributed by atoms with Crippen molar-refractivity contribution >= 4 is 0 Å². The van der Waals surface area contributed by atoms with Crippen molar-refractivity contribution in [2.75, 3.05) is 0 Å². The summed E-state index contributed by atoms with van der Waals surface area (Å²) in [7, 11) is 0. The molecule has 9 heavy (non-hydrogen) atoms. The Hall–Kier alpha value is -0.0800. The van der Waals surface area contributed by atoms with Gasteiger partial charge in [0.15, 0.2) is 0 Å². The van der Waals surface area contributed by atoms with Gasteiger partial charge in [-0.2, -0.15) is 0 Å². The summed E-state index contributed by atoms with van der Waals surface area (Å²) in [6.07, 6.45) is 2.38. The molecule has 3 N–H and O–H groups in total. The van der Waals surface area contributed by atoms with Gasteiger partial charge in [-0.05, 0) is 12.3 Å². The molecule has 0 aromatic carbocycles. The molecule has 0 aliphatic heterocycles. The minimum absolute atomic E-state index is 0.495. The van der Waals surface area contributed by atoms with Crippen LogP contribution < -0.4 is 11.3 Å². The first kappa shape index (κ1) is 8.92. The monoisotopic (exact) mass is 130 g/mol. The maximum Gasteiger partial charge on any atom is 0.0233 e. The van der Waals surface area contributed by atoms with Crippen LogP contribution in [0, 0.1) is 5.92 Å². The summed E-state index contributed by atoms with van der Waals surface area (Å²) in [6, 6.07) is 0.495. The van der Waals surface area contributed by atoms with Crippen LogP contribution in [-0.2, 0) is 0 Å². The van der Waals surface area contributed by atoms with E-state index in [2.05, 4.69) is 26.2 Å². The zero-order chi connectivity index (χ0) is 7.28. The van der Waals surface area contributed by atoms with Crippen LogP contribution in [0.15, 0.2) is 0 Å². The van der Waals surface area contributed by atoms with E-state index in [0.717, 1.165) is 0 Å². The number of hydrogen-bond acceptors (Lipinski definition) is 2. The molecule has 0 spiro atoms. The molecular formula is C7H18N2. The first-order valence-electron chi connectivity index (χ1n) is 3.68.